The number of nitrogens with zero attached hydrogens (tertiary/aromatic N) is 1. The molecule has 5 nitrogen and oxygen atoms in total. The third kappa shape index (κ3) is 3.26. The second kappa shape index (κ2) is 6.98. The van der Waals surface area contributed by atoms with Gasteiger partial charge in [0.05, 0.1) is 0 Å². The largest absolute Gasteiger partial charge is 0.507 e. The molecule has 1 aliphatic heterocycles. The normalized spacial score (nSPS) is 18.8. The highest BCUT2D eigenvalue weighted by atomic mass is 16.5. The number of benzene rings is 1. The van der Waals surface area contributed by atoms with E-state index in [9.17, 15) is 9.90 Å². The van der Waals surface area contributed by atoms with Gasteiger partial charge in [-0.05, 0) is 62.9 Å². The molecular formula is C21H26N2O3. The highest BCUT2D eigenvalue weighted by molar-refractivity contribution is 5.85. The quantitative estimate of drug-likeness (QED) is 0.885. The molecule has 0 fully saturated rings. The minimum Gasteiger partial charge on any atom is -0.507 e. The number of aromatic nitrogens is 1. The Labute approximate surface area is 154 Å². The summed E-state index contributed by atoms with van der Waals surface area (Å²) in [7, 11) is 0. The molecule has 2 aromatic rings. The van der Waals surface area contributed by atoms with E-state index in [1.165, 1.54) is 0 Å². The molecule has 1 unspecified atom stereocenters. The van der Waals surface area contributed by atoms with Gasteiger partial charge in [-0.3, -0.25) is 9.78 Å². The Morgan fingerprint density at radius 1 is 1.27 bits per heavy atom. The minimum absolute atomic E-state index is 0.109. The first-order valence-electron chi connectivity index (χ1n) is 9.02. The lowest BCUT2D eigenvalue weighted by Crippen LogP contribution is -2.51. The van der Waals surface area contributed by atoms with E-state index in [2.05, 4.69) is 10.3 Å². The summed E-state index contributed by atoms with van der Waals surface area (Å²) in [5.41, 5.74) is 3.60. The summed E-state index contributed by atoms with van der Waals surface area (Å²) < 4.78 is 6.19. The molecule has 26 heavy (non-hydrogen) atoms. The smallest absolute Gasteiger partial charge is 0.263 e. The van der Waals surface area contributed by atoms with E-state index in [4.69, 9.17) is 4.74 Å². The van der Waals surface area contributed by atoms with Crippen molar-refractivity contribution in [2.24, 2.45) is 0 Å². The van der Waals surface area contributed by atoms with E-state index in [1.54, 1.807) is 6.20 Å². The van der Waals surface area contributed by atoms with Gasteiger partial charge in [0, 0.05) is 36.8 Å². The SMILES string of the molecule is Cc1c(C)c2c(c(C)c1O)CCC(C)(C(=O)NCCc1ccccn1)O2. The summed E-state index contributed by atoms with van der Waals surface area (Å²) in [5.74, 6) is 0.960. The number of carbonyl (C=O) groups excluding carboxylic acids is 1. The molecule has 138 valence electrons. The third-order valence-corrected chi connectivity index (χ3v) is 5.39. The van der Waals surface area contributed by atoms with Crippen LogP contribution >= 0.6 is 0 Å². The minimum atomic E-state index is -0.905. The molecule has 1 amide bonds. The van der Waals surface area contributed by atoms with Crippen LogP contribution in [0, 0.1) is 20.8 Å². The molecule has 1 aromatic carbocycles. The maximum absolute atomic E-state index is 12.8. The molecular weight excluding hydrogens is 328 g/mol. The molecule has 5 heteroatoms. The van der Waals surface area contributed by atoms with E-state index >= 15 is 0 Å². The predicted octanol–water partition coefficient (Wildman–Crippen LogP) is 3.16. The van der Waals surface area contributed by atoms with E-state index in [1.807, 2.05) is 45.9 Å². The van der Waals surface area contributed by atoms with Crippen LogP contribution in [0.3, 0.4) is 0 Å². The lowest BCUT2D eigenvalue weighted by atomic mass is 9.86. The lowest BCUT2D eigenvalue weighted by Gasteiger charge is -2.36. The van der Waals surface area contributed by atoms with Crippen LogP contribution in [0.1, 0.15) is 41.3 Å². The molecule has 1 aliphatic rings. The first-order chi connectivity index (χ1) is 12.3. The van der Waals surface area contributed by atoms with Crippen LogP contribution in [0.2, 0.25) is 0 Å². The van der Waals surface area contributed by atoms with E-state index < -0.39 is 5.60 Å². The fourth-order valence-electron chi connectivity index (χ4n) is 3.44. The van der Waals surface area contributed by atoms with Gasteiger partial charge in [-0.1, -0.05) is 6.07 Å². The van der Waals surface area contributed by atoms with Crippen molar-refractivity contribution < 1.29 is 14.6 Å². The van der Waals surface area contributed by atoms with E-state index in [0.717, 1.165) is 33.7 Å². The summed E-state index contributed by atoms with van der Waals surface area (Å²) in [6.07, 6.45) is 3.73. The molecule has 0 saturated heterocycles. The zero-order chi connectivity index (χ0) is 18.9. The van der Waals surface area contributed by atoms with Crippen molar-refractivity contribution in [1.82, 2.24) is 10.3 Å². The zero-order valence-corrected chi connectivity index (χ0v) is 15.8. The Morgan fingerprint density at radius 3 is 2.73 bits per heavy atom. The number of carbonyl (C=O) groups is 1. The van der Waals surface area contributed by atoms with Gasteiger partial charge in [0.15, 0.2) is 5.60 Å². The van der Waals surface area contributed by atoms with Crippen LogP contribution in [0.25, 0.3) is 0 Å². The predicted molar refractivity (Wildman–Crippen MR) is 101 cm³/mol. The number of hydrogen-bond donors (Lipinski definition) is 2. The Kier molecular flexibility index (Phi) is 4.90. The number of aromatic hydroxyl groups is 1. The summed E-state index contributed by atoms with van der Waals surface area (Å²) in [6, 6.07) is 5.76. The average Bonchev–Trinajstić information content (AvgIpc) is 2.65. The van der Waals surface area contributed by atoms with Crippen molar-refractivity contribution in [3.05, 3.63) is 52.3 Å². The number of pyridine rings is 1. The molecule has 1 atom stereocenters. The molecule has 0 spiro atoms. The van der Waals surface area contributed by atoms with Crippen LogP contribution in [0.4, 0.5) is 0 Å². The van der Waals surface area contributed by atoms with Crippen molar-refractivity contribution in [2.75, 3.05) is 6.54 Å². The van der Waals surface area contributed by atoms with Crippen molar-refractivity contribution in [2.45, 2.75) is 52.6 Å². The summed E-state index contributed by atoms with van der Waals surface area (Å²) in [4.78, 5) is 17.0. The Morgan fingerprint density at radius 2 is 2.04 bits per heavy atom. The number of ether oxygens (including phenoxy) is 1. The summed E-state index contributed by atoms with van der Waals surface area (Å²) in [5, 5.41) is 13.2. The second-order valence-corrected chi connectivity index (χ2v) is 7.19. The molecule has 2 heterocycles. The van der Waals surface area contributed by atoms with Crippen LogP contribution in [0.15, 0.2) is 24.4 Å². The van der Waals surface area contributed by atoms with E-state index in [0.29, 0.717) is 31.6 Å². The highest BCUT2D eigenvalue weighted by Crippen LogP contribution is 2.43. The van der Waals surface area contributed by atoms with Crippen LogP contribution < -0.4 is 10.1 Å². The first kappa shape index (κ1) is 18.2. The van der Waals surface area contributed by atoms with Crippen LogP contribution in [-0.2, 0) is 17.6 Å². The topological polar surface area (TPSA) is 71.5 Å². The number of phenols is 1. The molecule has 0 bridgehead atoms. The van der Waals surface area contributed by atoms with Crippen LogP contribution in [-0.4, -0.2) is 28.1 Å². The average molecular weight is 354 g/mol. The van der Waals surface area contributed by atoms with Gasteiger partial charge in [-0.2, -0.15) is 0 Å². The highest BCUT2D eigenvalue weighted by Gasteiger charge is 2.40. The van der Waals surface area contributed by atoms with Gasteiger partial charge in [0.1, 0.15) is 11.5 Å². The number of rotatable bonds is 4. The fourth-order valence-corrected chi connectivity index (χ4v) is 3.44. The molecule has 0 aliphatic carbocycles. The Hall–Kier alpha value is -2.56. The number of amides is 1. The number of nitrogens with one attached hydrogen (secondary N) is 1. The lowest BCUT2D eigenvalue weighted by molar-refractivity contribution is -0.136. The van der Waals surface area contributed by atoms with Crippen molar-refractivity contribution >= 4 is 5.91 Å². The van der Waals surface area contributed by atoms with Crippen LogP contribution in [0.5, 0.6) is 11.5 Å². The maximum atomic E-state index is 12.8. The van der Waals surface area contributed by atoms with Gasteiger partial charge in [-0.15, -0.1) is 0 Å². The van der Waals surface area contributed by atoms with Crippen molar-refractivity contribution in [3.8, 4) is 11.5 Å². The molecule has 3 rings (SSSR count). The third-order valence-electron chi connectivity index (χ3n) is 5.39. The summed E-state index contributed by atoms with van der Waals surface area (Å²) in [6.45, 7) is 8.06. The zero-order valence-electron chi connectivity index (χ0n) is 15.8. The number of hydrogen-bond acceptors (Lipinski definition) is 4. The van der Waals surface area contributed by atoms with Gasteiger partial charge < -0.3 is 15.2 Å². The fraction of sp³-hybridized carbons (Fsp3) is 0.429. The van der Waals surface area contributed by atoms with Gasteiger partial charge in [0.25, 0.3) is 5.91 Å². The van der Waals surface area contributed by atoms with Gasteiger partial charge in [-0.25, -0.2) is 0 Å². The molecule has 0 saturated carbocycles. The molecule has 1 aromatic heterocycles. The Bertz CT molecular complexity index is 833. The standard InChI is InChI=1S/C21H26N2O3/c1-13-14(2)19-17(15(3)18(13)24)8-10-21(4,26-19)20(25)23-12-9-16-7-5-6-11-22-16/h5-7,11,24H,8-10,12H2,1-4H3,(H,23,25). The monoisotopic (exact) mass is 354 g/mol. The van der Waals surface area contributed by atoms with Gasteiger partial charge in [0.2, 0.25) is 0 Å². The van der Waals surface area contributed by atoms with E-state index in [-0.39, 0.29) is 5.91 Å². The number of phenolic OH excluding ortho intramolecular Hbond substituents is 1. The Balaban J connectivity index is 1.73. The molecule has 0 radical (unpaired) electrons. The maximum Gasteiger partial charge on any atom is 0.263 e. The van der Waals surface area contributed by atoms with Crippen molar-refractivity contribution in [3.63, 3.8) is 0 Å². The molecule has 2 N–H and O–H groups in total. The van der Waals surface area contributed by atoms with Gasteiger partial charge >= 0.3 is 0 Å². The summed E-state index contributed by atoms with van der Waals surface area (Å²) >= 11 is 0. The first-order valence-corrected chi connectivity index (χ1v) is 9.02. The second-order valence-electron chi connectivity index (χ2n) is 7.19. The number of fused-ring (bicyclic) bond motifs is 1. The van der Waals surface area contributed by atoms with Crippen molar-refractivity contribution in [1.29, 1.82) is 0 Å².